The fourth-order valence-corrected chi connectivity index (χ4v) is 1.15. The maximum absolute atomic E-state index is 11.4. The van der Waals surface area contributed by atoms with E-state index in [-0.39, 0.29) is 5.78 Å². The predicted octanol–water partition coefficient (Wildman–Crippen LogP) is 2.64. The van der Waals surface area contributed by atoms with Crippen molar-refractivity contribution in [1.29, 1.82) is 0 Å². The maximum Gasteiger partial charge on any atom is 0.179 e. The fourth-order valence-electron chi connectivity index (χ4n) is 1.15. The predicted molar refractivity (Wildman–Crippen MR) is 50.1 cm³/mol. The number of carbonyl (C=O) groups is 1. The van der Waals surface area contributed by atoms with Crippen LogP contribution in [0.4, 0.5) is 0 Å². The highest BCUT2D eigenvalue weighted by molar-refractivity contribution is 5.97. The average Bonchev–Trinajstić information content (AvgIpc) is 2.51. The zero-order chi connectivity index (χ0) is 8.97. The van der Waals surface area contributed by atoms with Gasteiger partial charge in [-0.2, -0.15) is 0 Å². The van der Waals surface area contributed by atoms with E-state index in [0.29, 0.717) is 12.1 Å². The van der Waals surface area contributed by atoms with E-state index in [1.807, 2.05) is 13.0 Å². The molecule has 0 bridgehead atoms. The van der Waals surface area contributed by atoms with Gasteiger partial charge in [0.15, 0.2) is 5.78 Å². The minimum absolute atomic E-state index is 0.164. The molecule has 0 aromatic carbocycles. The van der Waals surface area contributed by atoms with E-state index in [1.165, 1.54) is 0 Å². The Morgan fingerprint density at radius 2 is 2.50 bits per heavy atom. The van der Waals surface area contributed by atoms with Crippen molar-refractivity contribution in [1.82, 2.24) is 4.98 Å². The Morgan fingerprint density at radius 3 is 3.08 bits per heavy atom. The lowest BCUT2D eigenvalue weighted by Gasteiger charge is -1.96. The lowest BCUT2D eigenvalue weighted by atomic mass is 10.1. The van der Waals surface area contributed by atoms with Crippen LogP contribution in [0.25, 0.3) is 6.08 Å². The van der Waals surface area contributed by atoms with Gasteiger partial charge in [0, 0.05) is 18.2 Å². The summed E-state index contributed by atoms with van der Waals surface area (Å²) in [5.41, 5.74) is 1.58. The van der Waals surface area contributed by atoms with E-state index in [9.17, 15) is 4.79 Å². The van der Waals surface area contributed by atoms with E-state index in [2.05, 4.69) is 11.6 Å². The summed E-state index contributed by atoms with van der Waals surface area (Å²) in [6.45, 7) is 5.63. The van der Waals surface area contributed by atoms with E-state index in [0.717, 1.165) is 12.0 Å². The number of ketones is 1. The first-order valence-electron chi connectivity index (χ1n) is 4.12. The van der Waals surface area contributed by atoms with E-state index >= 15 is 0 Å². The number of carbonyl (C=O) groups excluding carboxylic acids is 1. The smallest absolute Gasteiger partial charge is 0.179 e. The number of nitrogens with one attached hydrogen (secondary N) is 1. The van der Waals surface area contributed by atoms with Gasteiger partial charge < -0.3 is 4.98 Å². The molecule has 12 heavy (non-hydrogen) atoms. The third kappa shape index (κ3) is 1.64. The Hall–Kier alpha value is -1.31. The molecule has 0 amide bonds. The van der Waals surface area contributed by atoms with Gasteiger partial charge in [-0.1, -0.05) is 19.6 Å². The van der Waals surface area contributed by atoms with Crippen molar-refractivity contribution >= 4 is 11.9 Å². The Morgan fingerprint density at radius 1 is 1.75 bits per heavy atom. The molecule has 0 aliphatic rings. The molecule has 0 saturated carbocycles. The summed E-state index contributed by atoms with van der Waals surface area (Å²) in [6, 6.07) is 1.86. The molecule has 1 rings (SSSR count). The quantitative estimate of drug-likeness (QED) is 0.680. The minimum Gasteiger partial charge on any atom is -0.358 e. The van der Waals surface area contributed by atoms with Gasteiger partial charge in [0.05, 0.1) is 5.69 Å². The number of aromatic amines is 1. The van der Waals surface area contributed by atoms with Crippen LogP contribution in [0.1, 0.15) is 35.8 Å². The number of hydrogen-bond acceptors (Lipinski definition) is 1. The second-order valence-corrected chi connectivity index (χ2v) is 2.69. The molecule has 0 spiro atoms. The molecule has 2 nitrogen and oxygen atoms in total. The number of Topliss-reactive ketones (excluding diaryl/α,β-unsaturated/α-hetero) is 1. The van der Waals surface area contributed by atoms with E-state index < -0.39 is 0 Å². The van der Waals surface area contributed by atoms with Crippen molar-refractivity contribution in [2.24, 2.45) is 0 Å². The molecule has 64 valence electrons. The lowest BCUT2D eigenvalue weighted by Crippen LogP contribution is -2.00. The molecule has 0 aliphatic heterocycles. The van der Waals surface area contributed by atoms with Crippen LogP contribution in [-0.2, 0) is 0 Å². The van der Waals surface area contributed by atoms with E-state index in [4.69, 9.17) is 0 Å². The molecule has 0 aliphatic carbocycles. The maximum atomic E-state index is 11.4. The highest BCUT2D eigenvalue weighted by atomic mass is 16.1. The molecular weight excluding hydrogens is 150 g/mol. The average molecular weight is 163 g/mol. The van der Waals surface area contributed by atoms with Crippen LogP contribution in [0.3, 0.4) is 0 Å². The zero-order valence-electron chi connectivity index (χ0n) is 7.26. The molecule has 2 heteroatoms. The van der Waals surface area contributed by atoms with Crippen LogP contribution in [0.2, 0.25) is 0 Å². The standard InChI is InChI=1S/C10H13NO/c1-3-5-9(12)10-8(4-2)6-7-11-10/h4,6-7,11H,2-3,5H2,1H3. The minimum atomic E-state index is 0.164. The molecule has 1 aromatic rings. The monoisotopic (exact) mass is 163 g/mol. The Bertz CT molecular complexity index is 286. The van der Waals surface area contributed by atoms with Crippen molar-refractivity contribution in [3.8, 4) is 0 Å². The lowest BCUT2D eigenvalue weighted by molar-refractivity contribution is 0.0977. The molecule has 0 atom stereocenters. The topological polar surface area (TPSA) is 32.9 Å². The largest absolute Gasteiger partial charge is 0.358 e. The molecule has 1 aromatic heterocycles. The van der Waals surface area contributed by atoms with Gasteiger partial charge in [0.1, 0.15) is 0 Å². The first kappa shape index (κ1) is 8.78. The summed E-state index contributed by atoms with van der Waals surface area (Å²) < 4.78 is 0. The second kappa shape index (κ2) is 3.90. The summed E-state index contributed by atoms with van der Waals surface area (Å²) in [7, 11) is 0. The van der Waals surface area contributed by atoms with Crippen LogP contribution in [0, 0.1) is 0 Å². The van der Waals surface area contributed by atoms with Gasteiger partial charge in [-0.05, 0) is 12.5 Å². The Kier molecular flexibility index (Phi) is 2.86. The van der Waals surface area contributed by atoms with Crippen molar-refractivity contribution in [2.45, 2.75) is 19.8 Å². The third-order valence-electron chi connectivity index (χ3n) is 1.76. The van der Waals surface area contributed by atoms with Gasteiger partial charge >= 0.3 is 0 Å². The molecule has 0 fully saturated rings. The third-order valence-corrected chi connectivity index (χ3v) is 1.76. The van der Waals surface area contributed by atoms with Gasteiger partial charge in [-0.15, -0.1) is 0 Å². The van der Waals surface area contributed by atoms with Crippen molar-refractivity contribution < 1.29 is 4.79 Å². The Balaban J connectivity index is 2.86. The molecular formula is C10H13NO. The van der Waals surface area contributed by atoms with Gasteiger partial charge in [-0.3, -0.25) is 4.79 Å². The van der Waals surface area contributed by atoms with Crippen LogP contribution in [0.15, 0.2) is 18.8 Å². The molecule has 0 saturated heterocycles. The Labute approximate surface area is 72.3 Å². The highest BCUT2D eigenvalue weighted by Crippen LogP contribution is 2.11. The van der Waals surface area contributed by atoms with E-state index in [1.54, 1.807) is 12.3 Å². The number of H-pyrrole nitrogens is 1. The fraction of sp³-hybridized carbons (Fsp3) is 0.300. The van der Waals surface area contributed by atoms with Gasteiger partial charge in [0.2, 0.25) is 0 Å². The number of rotatable bonds is 4. The molecule has 0 radical (unpaired) electrons. The SMILES string of the molecule is C=Cc1cc[nH]c1C(=O)CCC. The summed E-state index contributed by atoms with van der Waals surface area (Å²) in [5.74, 6) is 0.164. The van der Waals surface area contributed by atoms with Crippen LogP contribution in [-0.4, -0.2) is 10.8 Å². The van der Waals surface area contributed by atoms with Crippen LogP contribution >= 0.6 is 0 Å². The van der Waals surface area contributed by atoms with Crippen molar-refractivity contribution in [3.05, 3.63) is 30.1 Å². The second-order valence-electron chi connectivity index (χ2n) is 2.69. The number of aromatic nitrogens is 1. The summed E-state index contributed by atoms with van der Waals surface area (Å²) in [5, 5.41) is 0. The summed E-state index contributed by atoms with van der Waals surface area (Å²) in [6.07, 6.45) is 4.94. The van der Waals surface area contributed by atoms with Gasteiger partial charge in [-0.25, -0.2) is 0 Å². The highest BCUT2D eigenvalue weighted by Gasteiger charge is 2.08. The number of hydrogen-bond donors (Lipinski definition) is 1. The molecule has 0 unspecified atom stereocenters. The van der Waals surface area contributed by atoms with Gasteiger partial charge in [0.25, 0.3) is 0 Å². The first-order chi connectivity index (χ1) is 5.79. The molecule has 1 heterocycles. The summed E-state index contributed by atoms with van der Waals surface area (Å²) in [4.78, 5) is 14.3. The zero-order valence-corrected chi connectivity index (χ0v) is 7.26. The van der Waals surface area contributed by atoms with Crippen LogP contribution in [0.5, 0.6) is 0 Å². The van der Waals surface area contributed by atoms with Crippen molar-refractivity contribution in [2.75, 3.05) is 0 Å². The summed E-state index contributed by atoms with van der Waals surface area (Å²) >= 11 is 0. The van der Waals surface area contributed by atoms with Crippen LogP contribution < -0.4 is 0 Å². The first-order valence-corrected chi connectivity index (χ1v) is 4.12. The van der Waals surface area contributed by atoms with Crippen molar-refractivity contribution in [3.63, 3.8) is 0 Å². The normalized spacial score (nSPS) is 9.75. The molecule has 1 N–H and O–H groups in total.